The van der Waals surface area contributed by atoms with Gasteiger partial charge in [-0.1, -0.05) is 25.1 Å². The first-order valence-corrected chi connectivity index (χ1v) is 10.4. The molecule has 1 aliphatic heterocycles. The number of anilines is 1. The van der Waals surface area contributed by atoms with Crippen molar-refractivity contribution in [2.45, 2.75) is 58.5 Å². The quantitative estimate of drug-likeness (QED) is 0.775. The maximum absolute atomic E-state index is 12.6. The van der Waals surface area contributed by atoms with E-state index >= 15 is 0 Å². The van der Waals surface area contributed by atoms with Crippen molar-refractivity contribution in [3.63, 3.8) is 0 Å². The Morgan fingerprint density at radius 1 is 1.03 bits per heavy atom. The number of amides is 2. The van der Waals surface area contributed by atoms with E-state index in [9.17, 15) is 9.59 Å². The number of hydrogen-bond donors (Lipinski definition) is 1. The van der Waals surface area contributed by atoms with Crippen LogP contribution in [0.5, 0.6) is 5.75 Å². The Morgan fingerprint density at radius 2 is 1.69 bits per heavy atom. The van der Waals surface area contributed by atoms with E-state index in [1.165, 1.54) is 6.42 Å². The van der Waals surface area contributed by atoms with Crippen LogP contribution in [0, 0.1) is 0 Å². The lowest BCUT2D eigenvalue weighted by Crippen LogP contribution is -2.49. The molecule has 2 atom stereocenters. The number of carbonyl (C=O) groups excluding carboxylic acids is 2. The first-order chi connectivity index (χ1) is 14.0. The van der Waals surface area contributed by atoms with Crippen LogP contribution in [0.1, 0.15) is 56.0 Å². The molecule has 1 N–H and O–H groups in total. The maximum Gasteiger partial charge on any atom is 0.260 e. The van der Waals surface area contributed by atoms with E-state index in [1.807, 2.05) is 29.2 Å². The molecule has 29 heavy (non-hydrogen) atoms. The summed E-state index contributed by atoms with van der Waals surface area (Å²) in [6.07, 6.45) is 4.10. The molecule has 3 rings (SSSR count). The van der Waals surface area contributed by atoms with Crippen LogP contribution in [0.25, 0.3) is 0 Å². The number of hydrogen-bond acceptors (Lipinski definition) is 3. The monoisotopic (exact) mass is 394 g/mol. The van der Waals surface area contributed by atoms with Crippen molar-refractivity contribution in [1.82, 2.24) is 4.90 Å². The number of aryl methyl sites for hydroxylation is 1. The molecule has 5 nitrogen and oxygen atoms in total. The number of nitrogens with zero attached hydrogens (tertiary/aromatic N) is 1. The minimum Gasteiger partial charge on any atom is -0.484 e. The van der Waals surface area contributed by atoms with E-state index < -0.39 is 0 Å². The highest BCUT2D eigenvalue weighted by Crippen LogP contribution is 2.23. The van der Waals surface area contributed by atoms with Gasteiger partial charge in [0.05, 0.1) is 0 Å². The Hall–Kier alpha value is -2.82. The molecular weight excluding hydrogens is 364 g/mol. The molecule has 0 radical (unpaired) electrons. The average Bonchev–Trinajstić information content (AvgIpc) is 2.73. The third-order valence-electron chi connectivity index (χ3n) is 5.61. The van der Waals surface area contributed by atoms with Crippen molar-refractivity contribution in [3.8, 4) is 5.75 Å². The van der Waals surface area contributed by atoms with Gasteiger partial charge in [0.2, 0.25) is 0 Å². The van der Waals surface area contributed by atoms with Gasteiger partial charge in [0.1, 0.15) is 5.75 Å². The highest BCUT2D eigenvalue weighted by molar-refractivity contribution is 6.04. The van der Waals surface area contributed by atoms with Gasteiger partial charge in [-0.3, -0.25) is 9.59 Å². The minimum atomic E-state index is -0.163. The lowest BCUT2D eigenvalue weighted by Gasteiger charge is -2.38. The standard InChI is InChI=1S/C24H30N2O3/c1-4-19-10-5-6-11-22(19)25-24(28)20-12-14-21(15-13-20)29-16-23(27)26-17(2)8-7-9-18(26)3/h5-6,10-15,17-18H,4,7-9,16H2,1-3H3,(H,25,28)/t17-,18+. The van der Waals surface area contributed by atoms with Crippen LogP contribution >= 0.6 is 0 Å². The van der Waals surface area contributed by atoms with Gasteiger partial charge in [0.25, 0.3) is 11.8 Å². The Bertz CT molecular complexity index is 837. The van der Waals surface area contributed by atoms with Crippen LogP contribution in [0.2, 0.25) is 0 Å². The first-order valence-electron chi connectivity index (χ1n) is 10.4. The summed E-state index contributed by atoms with van der Waals surface area (Å²) in [5.74, 6) is 0.438. The van der Waals surface area contributed by atoms with Crippen LogP contribution in [0.4, 0.5) is 5.69 Å². The summed E-state index contributed by atoms with van der Waals surface area (Å²) in [4.78, 5) is 27.0. The highest BCUT2D eigenvalue weighted by Gasteiger charge is 2.28. The van der Waals surface area contributed by atoms with Gasteiger partial charge in [0.15, 0.2) is 6.61 Å². The summed E-state index contributed by atoms with van der Waals surface area (Å²) < 4.78 is 5.68. The van der Waals surface area contributed by atoms with Gasteiger partial charge in [-0.25, -0.2) is 0 Å². The summed E-state index contributed by atoms with van der Waals surface area (Å²) in [6.45, 7) is 6.27. The second-order valence-electron chi connectivity index (χ2n) is 7.71. The number of ether oxygens (including phenoxy) is 1. The molecule has 0 aliphatic carbocycles. The minimum absolute atomic E-state index is 0.0164. The van der Waals surface area contributed by atoms with Crippen molar-refractivity contribution in [2.24, 2.45) is 0 Å². The van der Waals surface area contributed by atoms with E-state index in [0.717, 1.165) is 30.5 Å². The Balaban J connectivity index is 1.57. The van der Waals surface area contributed by atoms with Gasteiger partial charge in [-0.15, -0.1) is 0 Å². The highest BCUT2D eigenvalue weighted by atomic mass is 16.5. The van der Waals surface area contributed by atoms with Crippen LogP contribution in [0.3, 0.4) is 0 Å². The lowest BCUT2D eigenvalue weighted by molar-refractivity contribution is -0.139. The van der Waals surface area contributed by atoms with Crippen molar-refractivity contribution in [2.75, 3.05) is 11.9 Å². The van der Waals surface area contributed by atoms with Gasteiger partial charge in [-0.05, 0) is 75.4 Å². The second-order valence-corrected chi connectivity index (χ2v) is 7.71. The molecule has 1 aliphatic rings. The van der Waals surface area contributed by atoms with Crippen LogP contribution in [0.15, 0.2) is 48.5 Å². The first kappa shape index (κ1) is 20.9. The van der Waals surface area contributed by atoms with E-state index in [0.29, 0.717) is 11.3 Å². The van der Waals surface area contributed by atoms with E-state index in [4.69, 9.17) is 4.74 Å². The fraction of sp³-hybridized carbons (Fsp3) is 0.417. The Morgan fingerprint density at radius 3 is 2.34 bits per heavy atom. The number of para-hydroxylation sites is 1. The molecule has 1 fully saturated rings. The molecule has 0 bridgehead atoms. The molecule has 2 amide bonds. The number of likely N-dealkylation sites (tertiary alicyclic amines) is 1. The lowest BCUT2D eigenvalue weighted by atomic mass is 9.97. The molecular formula is C24H30N2O3. The predicted octanol–water partition coefficient (Wildman–Crippen LogP) is 4.67. The molecule has 1 heterocycles. The second kappa shape index (κ2) is 9.59. The van der Waals surface area contributed by atoms with Gasteiger partial charge in [-0.2, -0.15) is 0 Å². The maximum atomic E-state index is 12.6. The fourth-order valence-corrected chi connectivity index (χ4v) is 3.98. The van der Waals surface area contributed by atoms with E-state index in [2.05, 4.69) is 26.1 Å². The molecule has 0 aromatic heterocycles. The van der Waals surface area contributed by atoms with E-state index in [1.54, 1.807) is 24.3 Å². The number of carbonyl (C=O) groups is 2. The Kier molecular flexibility index (Phi) is 6.91. The summed E-state index contributed by atoms with van der Waals surface area (Å²) in [5, 5.41) is 2.96. The molecule has 154 valence electrons. The molecule has 0 saturated carbocycles. The number of piperidine rings is 1. The van der Waals surface area contributed by atoms with Crippen molar-refractivity contribution >= 4 is 17.5 Å². The zero-order chi connectivity index (χ0) is 20.8. The third kappa shape index (κ3) is 5.17. The largest absolute Gasteiger partial charge is 0.484 e. The number of benzene rings is 2. The van der Waals surface area contributed by atoms with Gasteiger partial charge in [0, 0.05) is 23.3 Å². The molecule has 2 aromatic carbocycles. The fourth-order valence-electron chi connectivity index (χ4n) is 3.98. The topological polar surface area (TPSA) is 58.6 Å². The zero-order valence-corrected chi connectivity index (χ0v) is 17.5. The third-order valence-corrected chi connectivity index (χ3v) is 5.61. The van der Waals surface area contributed by atoms with Crippen molar-refractivity contribution < 1.29 is 14.3 Å². The molecule has 0 unspecified atom stereocenters. The smallest absolute Gasteiger partial charge is 0.260 e. The van der Waals surface area contributed by atoms with Crippen LogP contribution in [-0.2, 0) is 11.2 Å². The average molecular weight is 395 g/mol. The van der Waals surface area contributed by atoms with Crippen molar-refractivity contribution in [3.05, 3.63) is 59.7 Å². The molecule has 2 aromatic rings. The summed E-state index contributed by atoms with van der Waals surface area (Å²) >= 11 is 0. The molecule has 1 saturated heterocycles. The normalized spacial score (nSPS) is 18.9. The van der Waals surface area contributed by atoms with Crippen molar-refractivity contribution in [1.29, 1.82) is 0 Å². The number of nitrogens with one attached hydrogen (secondary N) is 1. The summed E-state index contributed by atoms with van der Waals surface area (Å²) in [5.41, 5.74) is 2.48. The van der Waals surface area contributed by atoms with Crippen LogP contribution < -0.4 is 10.1 Å². The zero-order valence-electron chi connectivity index (χ0n) is 17.5. The van der Waals surface area contributed by atoms with Gasteiger partial charge >= 0.3 is 0 Å². The van der Waals surface area contributed by atoms with Crippen LogP contribution in [-0.4, -0.2) is 35.4 Å². The molecule has 0 spiro atoms. The summed E-state index contributed by atoms with van der Waals surface area (Å²) in [6, 6.07) is 15.2. The predicted molar refractivity (Wildman–Crippen MR) is 115 cm³/mol. The van der Waals surface area contributed by atoms with Gasteiger partial charge < -0.3 is 15.0 Å². The summed E-state index contributed by atoms with van der Waals surface area (Å²) in [7, 11) is 0. The van der Waals surface area contributed by atoms with E-state index in [-0.39, 0.29) is 30.5 Å². The number of rotatable bonds is 6. The molecule has 5 heteroatoms. The Labute approximate surface area is 173 Å². The SMILES string of the molecule is CCc1ccccc1NC(=O)c1ccc(OCC(=O)N2[C@H](C)CCC[C@@H]2C)cc1.